The number of hydrogen-bond donors (Lipinski definition) is 2. The number of anilines is 1. The summed E-state index contributed by atoms with van der Waals surface area (Å²) in [7, 11) is 3.65. The SMILES string of the molecule is CCC[C@@H](C(=O)NC=O)c1c(F)cc(CCN2CCCC(CN(C)C(=O)c3ccc4nc(NC=O)n(CCCCCOc5c(-c6cc(C)cc(C)n6)cnn5C)c4c3)C2)cc1F. The van der Waals surface area contributed by atoms with Crippen LogP contribution in [0.5, 0.6) is 5.88 Å². The second kappa shape index (κ2) is 21.2. The number of nitrogens with one attached hydrogen (secondary N) is 2. The monoisotopic (exact) mass is 853 g/mol. The Kier molecular flexibility index (Phi) is 15.5. The average Bonchev–Trinajstić information content (AvgIpc) is 3.78. The number of carbonyl (C=O) groups is 4. The van der Waals surface area contributed by atoms with Crippen molar-refractivity contribution in [3.05, 3.63) is 88.2 Å². The molecule has 1 aliphatic heterocycles. The predicted octanol–water partition coefficient (Wildman–Crippen LogP) is 6.73. The highest BCUT2D eigenvalue weighted by atomic mass is 19.1. The number of unbranched alkanes of at least 4 members (excludes halogenated alkanes) is 2. The first-order valence-electron chi connectivity index (χ1n) is 21.4. The quantitative estimate of drug-likeness (QED) is 0.0604. The molecule has 0 spiro atoms. The summed E-state index contributed by atoms with van der Waals surface area (Å²) in [6, 6.07) is 12.0. The topological polar surface area (TPSA) is 157 Å². The van der Waals surface area contributed by atoms with Gasteiger partial charge in [-0.05, 0) is 125 Å². The Morgan fingerprint density at radius 3 is 2.53 bits per heavy atom. The first-order valence-corrected chi connectivity index (χ1v) is 21.4. The Morgan fingerprint density at radius 1 is 1.02 bits per heavy atom. The first-order chi connectivity index (χ1) is 29.9. The van der Waals surface area contributed by atoms with E-state index >= 15 is 8.78 Å². The average molecular weight is 854 g/mol. The van der Waals surface area contributed by atoms with E-state index < -0.39 is 23.5 Å². The number of pyridine rings is 1. The summed E-state index contributed by atoms with van der Waals surface area (Å²) < 4.78 is 40.3. The minimum atomic E-state index is -1.09. The molecule has 6 rings (SSSR count). The summed E-state index contributed by atoms with van der Waals surface area (Å²) in [5.41, 5.74) is 5.83. The van der Waals surface area contributed by atoms with E-state index in [0.717, 1.165) is 73.2 Å². The third-order valence-corrected chi connectivity index (χ3v) is 11.5. The molecule has 2 atom stereocenters. The number of rotatable bonds is 21. The summed E-state index contributed by atoms with van der Waals surface area (Å²) in [5, 5.41) is 9.15. The first kappa shape index (κ1) is 45.5. The molecule has 62 heavy (non-hydrogen) atoms. The number of piperidine rings is 1. The predicted molar refractivity (Wildman–Crippen MR) is 233 cm³/mol. The van der Waals surface area contributed by atoms with Gasteiger partial charge in [-0.25, -0.2) is 18.4 Å². The van der Waals surface area contributed by atoms with Crippen LogP contribution in [0.25, 0.3) is 22.3 Å². The van der Waals surface area contributed by atoms with Crippen molar-refractivity contribution in [1.82, 2.24) is 39.4 Å². The highest BCUT2D eigenvalue weighted by molar-refractivity contribution is 5.98. The number of benzene rings is 2. The second-order valence-corrected chi connectivity index (χ2v) is 16.3. The van der Waals surface area contributed by atoms with E-state index in [1.807, 2.05) is 49.0 Å². The summed E-state index contributed by atoms with van der Waals surface area (Å²) in [5.74, 6) is -2.25. The molecule has 0 bridgehead atoms. The highest BCUT2D eigenvalue weighted by Crippen LogP contribution is 2.31. The van der Waals surface area contributed by atoms with E-state index in [4.69, 9.17) is 4.74 Å². The zero-order valence-electron chi connectivity index (χ0n) is 36.3. The minimum absolute atomic E-state index is 0.126. The maximum Gasteiger partial charge on any atom is 0.253 e. The van der Waals surface area contributed by atoms with Crippen LogP contribution >= 0.6 is 0 Å². The van der Waals surface area contributed by atoms with Crippen molar-refractivity contribution in [2.75, 3.05) is 45.2 Å². The van der Waals surface area contributed by atoms with Gasteiger partial charge in [0, 0.05) is 57.1 Å². The van der Waals surface area contributed by atoms with E-state index in [2.05, 4.69) is 25.3 Å². The number of ether oxygens (including phenoxy) is 1. The summed E-state index contributed by atoms with van der Waals surface area (Å²) in [6.45, 7) is 9.56. The zero-order chi connectivity index (χ0) is 44.3. The molecule has 4 amide bonds. The maximum atomic E-state index is 15.2. The third kappa shape index (κ3) is 11.1. The van der Waals surface area contributed by atoms with Gasteiger partial charge in [0.1, 0.15) is 11.6 Å². The fourth-order valence-electron chi connectivity index (χ4n) is 8.56. The molecule has 14 nitrogen and oxygen atoms in total. The molecular formula is C46H57F2N9O5. The molecule has 16 heteroatoms. The fourth-order valence-corrected chi connectivity index (χ4v) is 8.56. The van der Waals surface area contributed by atoms with Crippen molar-refractivity contribution < 1.29 is 32.7 Å². The van der Waals surface area contributed by atoms with Gasteiger partial charge in [0.05, 0.1) is 41.0 Å². The molecule has 1 unspecified atom stereocenters. The van der Waals surface area contributed by atoms with Crippen LogP contribution in [0.15, 0.2) is 48.7 Å². The maximum absolute atomic E-state index is 15.2. The molecule has 330 valence electrons. The number of likely N-dealkylation sites (tertiary alicyclic amines) is 1. The van der Waals surface area contributed by atoms with Gasteiger partial charge in [0.15, 0.2) is 0 Å². The lowest BCUT2D eigenvalue weighted by Gasteiger charge is -2.34. The van der Waals surface area contributed by atoms with E-state index in [1.165, 1.54) is 12.1 Å². The molecule has 0 aliphatic carbocycles. The third-order valence-electron chi connectivity index (χ3n) is 11.5. The molecule has 1 aliphatic rings. The minimum Gasteiger partial charge on any atom is -0.477 e. The van der Waals surface area contributed by atoms with Crippen LogP contribution < -0.4 is 15.4 Å². The molecule has 2 N–H and O–H groups in total. The van der Waals surface area contributed by atoms with Gasteiger partial charge in [0.2, 0.25) is 30.6 Å². The summed E-state index contributed by atoms with van der Waals surface area (Å²) >= 11 is 0. The molecule has 0 saturated carbocycles. The van der Waals surface area contributed by atoms with Crippen LogP contribution in [0, 0.1) is 31.4 Å². The van der Waals surface area contributed by atoms with Crippen LogP contribution in [-0.2, 0) is 34.4 Å². The number of imidazole rings is 1. The molecule has 2 aromatic carbocycles. The Bertz CT molecular complexity index is 2340. The fraction of sp³-hybridized carbons (Fsp3) is 0.457. The highest BCUT2D eigenvalue weighted by Gasteiger charge is 2.28. The number of hydrogen-bond acceptors (Lipinski definition) is 9. The summed E-state index contributed by atoms with van der Waals surface area (Å²) in [4.78, 5) is 61.9. The van der Waals surface area contributed by atoms with E-state index in [9.17, 15) is 19.2 Å². The normalized spacial score (nSPS) is 14.7. The number of aromatic nitrogens is 5. The van der Waals surface area contributed by atoms with Crippen LogP contribution in [0.3, 0.4) is 0 Å². The number of carbonyl (C=O) groups excluding carboxylic acids is 4. The van der Waals surface area contributed by atoms with Gasteiger partial charge < -0.3 is 19.1 Å². The van der Waals surface area contributed by atoms with Gasteiger partial charge in [-0.1, -0.05) is 13.3 Å². The van der Waals surface area contributed by atoms with Crippen molar-refractivity contribution in [2.45, 2.75) is 84.6 Å². The molecule has 1 saturated heterocycles. The van der Waals surface area contributed by atoms with Crippen molar-refractivity contribution in [2.24, 2.45) is 13.0 Å². The number of halogens is 2. The molecule has 1 fully saturated rings. The molecular weight excluding hydrogens is 797 g/mol. The van der Waals surface area contributed by atoms with Gasteiger partial charge in [-0.15, -0.1) is 0 Å². The van der Waals surface area contributed by atoms with Crippen LogP contribution in [0.1, 0.15) is 90.5 Å². The number of aryl methyl sites for hydroxylation is 4. The number of imide groups is 1. The number of amides is 4. The van der Waals surface area contributed by atoms with Gasteiger partial charge in [-0.3, -0.25) is 34.8 Å². The molecule has 5 aromatic rings. The Balaban J connectivity index is 1.02. The number of nitrogens with zero attached hydrogens (tertiary/aromatic N) is 7. The lowest BCUT2D eigenvalue weighted by Crippen LogP contribution is -2.42. The second-order valence-electron chi connectivity index (χ2n) is 16.3. The molecule has 4 heterocycles. The van der Waals surface area contributed by atoms with Crippen molar-refractivity contribution in [3.8, 4) is 17.1 Å². The van der Waals surface area contributed by atoms with Crippen LogP contribution in [-0.4, -0.2) is 98.6 Å². The van der Waals surface area contributed by atoms with Gasteiger partial charge >= 0.3 is 0 Å². The van der Waals surface area contributed by atoms with E-state index in [1.54, 1.807) is 41.9 Å². The standard InChI is InChI=1S/C46H57F2N9O5/c1-6-11-35(43(60)49-28-58)42-37(47)22-32(23-38(42)48)15-18-56-16-10-12-33(27-56)26-54(4)44(61)34-13-14-39-41(24-34)57(46(53-39)50-29-59)17-8-7-9-19-62-45-36(25-51-55(45)5)40-21-30(2)20-31(3)52-40/h13-14,20-25,28-29,33,35H,6-12,15-19,26-27H2,1-5H3,(H,49,58,60)(H,50,53,59)/t33?,35-/m1/s1. The van der Waals surface area contributed by atoms with Crippen molar-refractivity contribution in [3.63, 3.8) is 0 Å². The lowest BCUT2D eigenvalue weighted by atomic mass is 9.91. The lowest BCUT2D eigenvalue weighted by molar-refractivity contribution is -0.126. The zero-order valence-corrected chi connectivity index (χ0v) is 36.3. The Morgan fingerprint density at radius 2 is 1.81 bits per heavy atom. The van der Waals surface area contributed by atoms with Gasteiger partial charge in [0.25, 0.3) is 5.91 Å². The van der Waals surface area contributed by atoms with Crippen molar-refractivity contribution >= 4 is 41.6 Å². The van der Waals surface area contributed by atoms with Gasteiger partial charge in [-0.2, -0.15) is 5.10 Å². The smallest absolute Gasteiger partial charge is 0.253 e. The van der Waals surface area contributed by atoms with Crippen molar-refractivity contribution in [1.29, 1.82) is 0 Å². The summed E-state index contributed by atoms with van der Waals surface area (Å²) in [6.07, 6.45) is 8.02. The molecule has 3 aromatic heterocycles. The molecule has 0 radical (unpaired) electrons. The number of fused-ring (bicyclic) bond motifs is 1. The van der Waals surface area contributed by atoms with Crippen LogP contribution in [0.2, 0.25) is 0 Å². The van der Waals surface area contributed by atoms with Crippen LogP contribution in [0.4, 0.5) is 14.7 Å². The largest absolute Gasteiger partial charge is 0.477 e. The van der Waals surface area contributed by atoms with E-state index in [0.29, 0.717) is 74.0 Å². The Labute approximate surface area is 361 Å². The Hall–Kier alpha value is -6.03. The van der Waals surface area contributed by atoms with E-state index in [-0.39, 0.29) is 30.2 Å².